The maximum atomic E-state index is 12.0. The second-order valence-electron chi connectivity index (χ2n) is 4.74. The molecule has 2 rings (SSSR count). The van der Waals surface area contributed by atoms with E-state index in [1.807, 2.05) is 13.0 Å². The van der Waals surface area contributed by atoms with Gasteiger partial charge in [-0.05, 0) is 30.9 Å². The first kappa shape index (κ1) is 13.4. The predicted octanol–water partition coefficient (Wildman–Crippen LogP) is 1.91. The second kappa shape index (κ2) is 5.30. The molecule has 0 fully saturated rings. The number of benzene rings is 1. The monoisotopic (exact) mass is 261 g/mol. The first-order chi connectivity index (χ1) is 9.10. The highest BCUT2D eigenvalue weighted by molar-refractivity contribution is 5.96. The van der Waals surface area contributed by atoms with Gasteiger partial charge in [0.15, 0.2) is 0 Å². The summed E-state index contributed by atoms with van der Waals surface area (Å²) < 4.78 is 0. The van der Waals surface area contributed by atoms with Gasteiger partial charge in [0.1, 0.15) is 0 Å². The summed E-state index contributed by atoms with van der Waals surface area (Å²) >= 11 is 0. The van der Waals surface area contributed by atoms with Crippen LogP contribution in [0.1, 0.15) is 30.9 Å². The van der Waals surface area contributed by atoms with Crippen LogP contribution in [0.25, 0.3) is 10.8 Å². The lowest BCUT2D eigenvalue weighted by molar-refractivity contribution is 0.797. The quantitative estimate of drug-likeness (QED) is 0.786. The van der Waals surface area contributed by atoms with Crippen LogP contribution < -0.4 is 16.4 Å². The van der Waals surface area contributed by atoms with Gasteiger partial charge in [0.05, 0.1) is 16.5 Å². The summed E-state index contributed by atoms with van der Waals surface area (Å²) in [5.74, 6) is 0. The summed E-state index contributed by atoms with van der Waals surface area (Å²) in [7, 11) is 1.76. The Morgan fingerprint density at radius 1 is 1.16 bits per heavy atom. The summed E-state index contributed by atoms with van der Waals surface area (Å²) in [5.41, 5.74) is 2.15. The van der Waals surface area contributed by atoms with Crippen LogP contribution in [0.4, 0.5) is 5.69 Å². The Balaban J connectivity index is 2.88. The molecule has 0 aliphatic carbocycles. The summed E-state index contributed by atoms with van der Waals surface area (Å²) in [5, 5.41) is 8.78. The van der Waals surface area contributed by atoms with Gasteiger partial charge in [0.25, 0.3) is 11.1 Å². The van der Waals surface area contributed by atoms with Crippen molar-refractivity contribution in [3.63, 3.8) is 0 Å². The van der Waals surface area contributed by atoms with Crippen LogP contribution in [0.2, 0.25) is 0 Å². The number of hydrogen-bond donors (Lipinski definition) is 3. The molecule has 2 aromatic rings. The minimum absolute atomic E-state index is 0.239. The van der Waals surface area contributed by atoms with E-state index in [9.17, 15) is 9.59 Å². The molecule has 0 aliphatic rings. The minimum Gasteiger partial charge on any atom is -0.387 e. The lowest BCUT2D eigenvalue weighted by Gasteiger charge is -2.12. The molecule has 0 saturated heterocycles. The smallest absolute Gasteiger partial charge is 0.272 e. The minimum atomic E-state index is -0.264. The van der Waals surface area contributed by atoms with Gasteiger partial charge in [0, 0.05) is 7.05 Å². The molecule has 0 bridgehead atoms. The highest BCUT2D eigenvalue weighted by Gasteiger charge is 2.14. The van der Waals surface area contributed by atoms with Crippen LogP contribution in [-0.4, -0.2) is 17.2 Å². The fraction of sp³-hybridized carbons (Fsp3) is 0.429. The van der Waals surface area contributed by atoms with Crippen molar-refractivity contribution in [2.75, 3.05) is 12.4 Å². The highest BCUT2D eigenvalue weighted by atomic mass is 16.1. The van der Waals surface area contributed by atoms with E-state index in [1.54, 1.807) is 7.05 Å². The third-order valence-corrected chi connectivity index (χ3v) is 3.40. The van der Waals surface area contributed by atoms with Crippen molar-refractivity contribution in [2.24, 2.45) is 0 Å². The van der Waals surface area contributed by atoms with Crippen molar-refractivity contribution in [1.82, 2.24) is 10.2 Å². The number of hydrogen-bond acceptors (Lipinski definition) is 3. The Hall–Kier alpha value is -2.04. The van der Waals surface area contributed by atoms with Crippen molar-refractivity contribution in [3.8, 4) is 0 Å². The van der Waals surface area contributed by atoms with E-state index in [4.69, 9.17) is 0 Å². The zero-order chi connectivity index (χ0) is 14.0. The summed E-state index contributed by atoms with van der Waals surface area (Å²) in [4.78, 5) is 24.1. The maximum absolute atomic E-state index is 12.0. The van der Waals surface area contributed by atoms with Gasteiger partial charge in [-0.15, -0.1) is 0 Å². The molecule has 19 heavy (non-hydrogen) atoms. The molecular weight excluding hydrogens is 242 g/mol. The largest absolute Gasteiger partial charge is 0.387 e. The standard InChI is InChI=1S/C14H19N3O2/c1-4-5-6-9-7-8(2)12(15-3)11-10(9)13(18)16-17-14(11)19/h7,15H,4-6H2,1-3H3,(H,16,18)(H,17,19). The number of nitrogens with one attached hydrogen (secondary N) is 3. The Morgan fingerprint density at radius 2 is 1.79 bits per heavy atom. The van der Waals surface area contributed by atoms with E-state index in [1.165, 1.54) is 0 Å². The normalized spacial score (nSPS) is 10.9. The first-order valence-electron chi connectivity index (χ1n) is 6.55. The van der Waals surface area contributed by atoms with Crippen LogP contribution in [0.3, 0.4) is 0 Å². The summed E-state index contributed by atoms with van der Waals surface area (Å²) in [6.07, 6.45) is 2.86. The highest BCUT2D eigenvalue weighted by Crippen LogP contribution is 2.26. The molecular formula is C14H19N3O2. The maximum Gasteiger partial charge on any atom is 0.272 e. The zero-order valence-electron chi connectivity index (χ0n) is 11.5. The van der Waals surface area contributed by atoms with Crippen molar-refractivity contribution >= 4 is 16.5 Å². The topological polar surface area (TPSA) is 77.8 Å². The molecule has 0 unspecified atom stereocenters. The van der Waals surface area contributed by atoms with Crippen LogP contribution in [0.15, 0.2) is 15.7 Å². The number of H-pyrrole nitrogens is 2. The van der Waals surface area contributed by atoms with Crippen molar-refractivity contribution in [1.29, 1.82) is 0 Å². The molecule has 5 heteroatoms. The van der Waals surface area contributed by atoms with E-state index in [-0.39, 0.29) is 11.1 Å². The van der Waals surface area contributed by atoms with E-state index in [2.05, 4.69) is 22.4 Å². The molecule has 0 spiro atoms. The van der Waals surface area contributed by atoms with Gasteiger partial charge in [-0.3, -0.25) is 19.8 Å². The van der Waals surface area contributed by atoms with Gasteiger partial charge in [-0.1, -0.05) is 19.4 Å². The van der Waals surface area contributed by atoms with E-state index in [0.717, 1.165) is 36.1 Å². The zero-order valence-corrected chi connectivity index (χ0v) is 11.5. The number of rotatable bonds is 4. The van der Waals surface area contributed by atoms with Crippen molar-refractivity contribution < 1.29 is 0 Å². The molecule has 0 atom stereocenters. The fourth-order valence-electron chi connectivity index (χ4n) is 2.50. The number of aryl methyl sites for hydroxylation is 2. The number of unbranched alkanes of at least 4 members (excludes halogenated alkanes) is 1. The Bertz CT molecular complexity index is 713. The van der Waals surface area contributed by atoms with Crippen LogP contribution in [0, 0.1) is 6.92 Å². The SMILES string of the molecule is CCCCc1cc(C)c(NC)c2c(=O)[nH][nH]c(=O)c12. The predicted molar refractivity (Wildman–Crippen MR) is 78.1 cm³/mol. The fourth-order valence-corrected chi connectivity index (χ4v) is 2.50. The van der Waals surface area contributed by atoms with Crippen molar-refractivity contribution in [2.45, 2.75) is 33.1 Å². The second-order valence-corrected chi connectivity index (χ2v) is 4.74. The number of aromatic amines is 2. The number of anilines is 1. The first-order valence-corrected chi connectivity index (χ1v) is 6.55. The molecule has 1 heterocycles. The van der Waals surface area contributed by atoms with Gasteiger partial charge in [-0.25, -0.2) is 0 Å². The average molecular weight is 261 g/mol. The Labute approximate surface area is 111 Å². The molecule has 0 saturated carbocycles. The molecule has 0 radical (unpaired) electrons. The molecule has 5 nitrogen and oxygen atoms in total. The van der Waals surface area contributed by atoms with Gasteiger partial charge in [-0.2, -0.15) is 0 Å². The van der Waals surface area contributed by atoms with E-state index in [0.29, 0.717) is 10.8 Å². The lowest BCUT2D eigenvalue weighted by Crippen LogP contribution is -2.21. The molecule has 1 aromatic carbocycles. The summed E-state index contributed by atoms with van der Waals surface area (Å²) in [6, 6.07) is 2.00. The number of fused-ring (bicyclic) bond motifs is 1. The number of aromatic nitrogens is 2. The van der Waals surface area contributed by atoms with Gasteiger partial charge in [0.2, 0.25) is 0 Å². The average Bonchev–Trinajstić information content (AvgIpc) is 2.40. The third-order valence-electron chi connectivity index (χ3n) is 3.40. The van der Waals surface area contributed by atoms with E-state index >= 15 is 0 Å². The molecule has 1 aromatic heterocycles. The van der Waals surface area contributed by atoms with Crippen LogP contribution >= 0.6 is 0 Å². The third kappa shape index (κ3) is 2.28. The van der Waals surface area contributed by atoms with Crippen molar-refractivity contribution in [3.05, 3.63) is 37.9 Å². The molecule has 0 aliphatic heterocycles. The van der Waals surface area contributed by atoms with E-state index < -0.39 is 0 Å². The van der Waals surface area contributed by atoms with Gasteiger partial charge >= 0.3 is 0 Å². The summed E-state index contributed by atoms with van der Waals surface area (Å²) in [6.45, 7) is 4.05. The van der Waals surface area contributed by atoms with Gasteiger partial charge < -0.3 is 5.32 Å². The lowest BCUT2D eigenvalue weighted by atomic mass is 9.97. The molecule has 3 N–H and O–H groups in total. The Kier molecular flexibility index (Phi) is 3.74. The van der Waals surface area contributed by atoms with Crippen LogP contribution in [-0.2, 0) is 6.42 Å². The molecule has 0 amide bonds. The van der Waals surface area contributed by atoms with Crippen LogP contribution in [0.5, 0.6) is 0 Å². The molecule has 102 valence electrons. The Morgan fingerprint density at radius 3 is 2.37 bits per heavy atom.